The Balaban J connectivity index is 2.50. The van der Waals surface area contributed by atoms with Gasteiger partial charge in [-0.15, -0.1) is 0 Å². The molecule has 1 aromatic rings. The molecule has 1 aromatic heterocycles. The molecule has 1 heterocycles. The second-order valence-electron chi connectivity index (χ2n) is 3.87. The summed E-state index contributed by atoms with van der Waals surface area (Å²) in [5.41, 5.74) is 0.692. The molecule has 0 spiro atoms. The largest absolute Gasteiger partial charge is 0.353 e. The van der Waals surface area contributed by atoms with E-state index in [2.05, 4.69) is 20.8 Å². The number of halogens is 1. The van der Waals surface area contributed by atoms with Gasteiger partial charge in [0.2, 0.25) is 11.8 Å². The van der Waals surface area contributed by atoms with Gasteiger partial charge >= 0.3 is 0 Å². The molecular formula is C10H15ClN4O2. The van der Waals surface area contributed by atoms with Crippen molar-refractivity contribution in [1.82, 2.24) is 15.5 Å². The summed E-state index contributed by atoms with van der Waals surface area (Å²) >= 11 is 5.90. The number of hydrogen-bond donors (Lipinski definition) is 3. The van der Waals surface area contributed by atoms with Crippen molar-refractivity contribution in [2.45, 2.75) is 33.2 Å². The van der Waals surface area contributed by atoms with Crippen LogP contribution in [0.1, 0.15) is 26.0 Å². The van der Waals surface area contributed by atoms with E-state index in [0.717, 1.165) is 0 Å². The summed E-state index contributed by atoms with van der Waals surface area (Å²) in [4.78, 5) is 22.4. The molecule has 2 amide bonds. The Labute approximate surface area is 104 Å². The normalized spacial score (nSPS) is 12.0. The number of H-pyrrole nitrogens is 1. The van der Waals surface area contributed by atoms with E-state index in [-0.39, 0.29) is 24.3 Å². The Hall–Kier alpha value is -1.56. The maximum absolute atomic E-state index is 11.6. The van der Waals surface area contributed by atoms with Gasteiger partial charge in [0, 0.05) is 19.4 Å². The number of anilines is 1. The summed E-state index contributed by atoms with van der Waals surface area (Å²) in [6, 6.07) is -0.230. The molecule has 3 N–H and O–H groups in total. The van der Waals surface area contributed by atoms with E-state index in [4.69, 9.17) is 11.6 Å². The van der Waals surface area contributed by atoms with Crippen LogP contribution in [0.2, 0.25) is 5.02 Å². The fourth-order valence-corrected chi connectivity index (χ4v) is 1.49. The maximum Gasteiger partial charge on any atom is 0.227 e. The number of aromatic nitrogens is 2. The highest BCUT2D eigenvalue weighted by Gasteiger charge is 2.14. The molecule has 0 saturated carbocycles. The van der Waals surface area contributed by atoms with Crippen molar-refractivity contribution in [1.29, 1.82) is 0 Å². The topological polar surface area (TPSA) is 86.9 Å². The molecule has 1 unspecified atom stereocenters. The highest BCUT2D eigenvalue weighted by atomic mass is 35.5. The predicted molar refractivity (Wildman–Crippen MR) is 64.9 cm³/mol. The van der Waals surface area contributed by atoms with Crippen LogP contribution < -0.4 is 10.6 Å². The average Bonchev–Trinajstić information content (AvgIpc) is 2.48. The summed E-state index contributed by atoms with van der Waals surface area (Å²) in [6.07, 6.45) is 0.168. The third-order valence-electron chi connectivity index (χ3n) is 2.07. The van der Waals surface area contributed by atoms with Crippen LogP contribution in [0.5, 0.6) is 0 Å². The molecule has 0 aliphatic rings. The van der Waals surface area contributed by atoms with Crippen molar-refractivity contribution in [3.8, 4) is 0 Å². The zero-order valence-corrected chi connectivity index (χ0v) is 10.7. The average molecular weight is 259 g/mol. The first-order chi connectivity index (χ1) is 7.90. The van der Waals surface area contributed by atoms with Crippen molar-refractivity contribution >= 4 is 29.2 Å². The van der Waals surface area contributed by atoms with E-state index in [1.54, 1.807) is 13.8 Å². The Kier molecular flexibility index (Phi) is 4.51. The summed E-state index contributed by atoms with van der Waals surface area (Å²) < 4.78 is 0. The number of rotatable bonds is 4. The number of amides is 2. The lowest BCUT2D eigenvalue weighted by molar-refractivity contribution is -0.120. The van der Waals surface area contributed by atoms with Crippen LogP contribution in [-0.4, -0.2) is 28.1 Å². The predicted octanol–water partition coefficient (Wildman–Crippen LogP) is 1.22. The van der Waals surface area contributed by atoms with Crippen molar-refractivity contribution in [3.63, 3.8) is 0 Å². The minimum absolute atomic E-state index is 0.168. The molecule has 0 bridgehead atoms. The lowest BCUT2D eigenvalue weighted by Gasteiger charge is -2.11. The highest BCUT2D eigenvalue weighted by molar-refractivity contribution is 6.34. The minimum Gasteiger partial charge on any atom is -0.353 e. The van der Waals surface area contributed by atoms with Crippen LogP contribution in [0.4, 0.5) is 5.82 Å². The first-order valence-electron chi connectivity index (χ1n) is 5.17. The van der Waals surface area contributed by atoms with E-state index in [9.17, 15) is 9.59 Å². The van der Waals surface area contributed by atoms with E-state index >= 15 is 0 Å². The number of aromatic amines is 1. The molecule has 0 radical (unpaired) electrons. The summed E-state index contributed by atoms with van der Waals surface area (Å²) in [5.74, 6) is -0.109. The second-order valence-corrected chi connectivity index (χ2v) is 4.24. The Bertz CT molecular complexity index is 430. The monoisotopic (exact) mass is 258 g/mol. The molecule has 17 heavy (non-hydrogen) atoms. The van der Waals surface area contributed by atoms with E-state index in [1.165, 1.54) is 6.92 Å². The Morgan fingerprint density at radius 3 is 2.65 bits per heavy atom. The molecular weight excluding hydrogens is 244 g/mol. The van der Waals surface area contributed by atoms with Gasteiger partial charge in [-0.2, -0.15) is 5.10 Å². The number of nitrogens with one attached hydrogen (secondary N) is 3. The summed E-state index contributed by atoms with van der Waals surface area (Å²) in [6.45, 7) is 4.91. The van der Waals surface area contributed by atoms with Gasteiger partial charge in [0.15, 0.2) is 5.82 Å². The Morgan fingerprint density at radius 2 is 2.18 bits per heavy atom. The molecule has 6 nitrogen and oxygen atoms in total. The van der Waals surface area contributed by atoms with Gasteiger partial charge in [0.05, 0.1) is 5.69 Å². The first kappa shape index (κ1) is 13.5. The Morgan fingerprint density at radius 1 is 1.53 bits per heavy atom. The molecule has 0 fully saturated rings. The van der Waals surface area contributed by atoms with Crippen molar-refractivity contribution in [2.24, 2.45) is 0 Å². The third kappa shape index (κ3) is 4.07. The van der Waals surface area contributed by atoms with Gasteiger partial charge < -0.3 is 10.6 Å². The van der Waals surface area contributed by atoms with Crippen molar-refractivity contribution < 1.29 is 9.59 Å². The van der Waals surface area contributed by atoms with E-state index in [0.29, 0.717) is 16.5 Å². The first-order valence-corrected chi connectivity index (χ1v) is 5.55. The zero-order chi connectivity index (χ0) is 13.0. The quantitative estimate of drug-likeness (QED) is 0.759. The number of hydrogen-bond acceptors (Lipinski definition) is 3. The molecule has 0 aliphatic carbocycles. The van der Waals surface area contributed by atoms with Gasteiger partial charge in [0.25, 0.3) is 0 Å². The van der Waals surface area contributed by atoms with Gasteiger partial charge in [-0.1, -0.05) is 11.6 Å². The molecule has 0 aromatic carbocycles. The van der Waals surface area contributed by atoms with Crippen LogP contribution >= 0.6 is 11.6 Å². The molecule has 7 heteroatoms. The van der Waals surface area contributed by atoms with Crippen LogP contribution in [0.15, 0.2) is 0 Å². The summed E-state index contributed by atoms with van der Waals surface area (Å²) in [5, 5.41) is 12.1. The second kappa shape index (κ2) is 5.67. The molecule has 0 aliphatic heterocycles. The third-order valence-corrected chi connectivity index (χ3v) is 2.53. The molecule has 94 valence electrons. The van der Waals surface area contributed by atoms with Crippen LogP contribution in [0.3, 0.4) is 0 Å². The number of carbonyl (C=O) groups is 2. The van der Waals surface area contributed by atoms with Crippen LogP contribution in [0, 0.1) is 6.92 Å². The highest BCUT2D eigenvalue weighted by Crippen LogP contribution is 2.21. The number of nitrogens with zero attached hydrogens (tertiary/aromatic N) is 1. The van der Waals surface area contributed by atoms with Crippen molar-refractivity contribution in [2.75, 3.05) is 5.32 Å². The lowest BCUT2D eigenvalue weighted by Crippen LogP contribution is -2.33. The maximum atomic E-state index is 11.6. The van der Waals surface area contributed by atoms with Crippen LogP contribution in [-0.2, 0) is 9.59 Å². The van der Waals surface area contributed by atoms with E-state index < -0.39 is 0 Å². The van der Waals surface area contributed by atoms with Gasteiger partial charge in [0.1, 0.15) is 5.02 Å². The van der Waals surface area contributed by atoms with Gasteiger partial charge in [-0.05, 0) is 13.8 Å². The zero-order valence-electron chi connectivity index (χ0n) is 9.93. The van der Waals surface area contributed by atoms with E-state index in [1.807, 2.05) is 0 Å². The summed E-state index contributed by atoms with van der Waals surface area (Å²) in [7, 11) is 0. The fraction of sp³-hybridized carbons (Fsp3) is 0.500. The molecule has 0 saturated heterocycles. The van der Waals surface area contributed by atoms with Gasteiger partial charge in [-0.3, -0.25) is 14.7 Å². The van der Waals surface area contributed by atoms with Gasteiger partial charge in [-0.25, -0.2) is 0 Å². The number of carbonyl (C=O) groups excluding carboxylic acids is 2. The molecule has 1 rings (SSSR count). The van der Waals surface area contributed by atoms with Crippen molar-refractivity contribution in [3.05, 3.63) is 10.7 Å². The molecule has 1 atom stereocenters. The SMILES string of the molecule is CC(=O)NC(C)CC(=O)Nc1n[nH]c(C)c1Cl. The fourth-order valence-electron chi connectivity index (χ4n) is 1.36. The minimum atomic E-state index is -0.250. The number of aryl methyl sites for hydroxylation is 1. The lowest BCUT2D eigenvalue weighted by atomic mass is 10.2. The smallest absolute Gasteiger partial charge is 0.227 e. The van der Waals surface area contributed by atoms with Crippen LogP contribution in [0.25, 0.3) is 0 Å². The standard InChI is InChI=1S/C10H15ClN4O2/c1-5(12-7(3)16)4-8(17)13-10-9(11)6(2)14-15-10/h5H,4H2,1-3H3,(H,12,16)(H2,13,14,15,17).